The van der Waals surface area contributed by atoms with Gasteiger partial charge in [0.05, 0.1) is 6.10 Å². The van der Waals surface area contributed by atoms with Gasteiger partial charge in [-0.15, -0.1) is 0 Å². The number of amides is 2. The summed E-state index contributed by atoms with van der Waals surface area (Å²) in [5.74, 6) is -0.517. The lowest BCUT2D eigenvalue weighted by Gasteiger charge is -2.17. The summed E-state index contributed by atoms with van der Waals surface area (Å²) in [4.78, 5) is 22.2. The zero-order valence-electron chi connectivity index (χ0n) is 12.7. The molecule has 6 nitrogen and oxygen atoms in total. The van der Waals surface area contributed by atoms with E-state index in [-0.39, 0.29) is 0 Å². The standard InChI is InChI=1S/C14H28N2O4/c1-10(2)8-6-4-5-7-9-15-14(20)16-12(11(3)17)13(18)19/h10-12,17H,4-9H2,1-3H3,(H,18,19)(H2,15,16,20). The predicted octanol–water partition coefficient (Wildman–Crippen LogP) is 1.73. The van der Waals surface area contributed by atoms with E-state index < -0.39 is 24.1 Å². The second-order valence-corrected chi connectivity index (χ2v) is 5.55. The predicted molar refractivity (Wildman–Crippen MR) is 77.6 cm³/mol. The fourth-order valence-corrected chi connectivity index (χ4v) is 1.81. The summed E-state index contributed by atoms with van der Waals surface area (Å²) >= 11 is 0. The summed E-state index contributed by atoms with van der Waals surface area (Å²) in [6, 6.07) is -1.83. The number of nitrogens with one attached hydrogen (secondary N) is 2. The first-order chi connectivity index (χ1) is 9.34. The molecule has 0 fully saturated rings. The van der Waals surface area contributed by atoms with Crippen molar-refractivity contribution in [2.75, 3.05) is 6.54 Å². The van der Waals surface area contributed by atoms with Crippen LogP contribution in [0.25, 0.3) is 0 Å². The third-order valence-corrected chi connectivity index (χ3v) is 3.03. The van der Waals surface area contributed by atoms with Gasteiger partial charge in [0.15, 0.2) is 6.04 Å². The van der Waals surface area contributed by atoms with Gasteiger partial charge in [-0.3, -0.25) is 0 Å². The Morgan fingerprint density at radius 3 is 2.15 bits per heavy atom. The Morgan fingerprint density at radius 2 is 1.65 bits per heavy atom. The first-order valence-electron chi connectivity index (χ1n) is 7.29. The molecule has 0 saturated carbocycles. The molecule has 0 aromatic rings. The number of hydrogen-bond donors (Lipinski definition) is 4. The molecule has 0 aliphatic heterocycles. The summed E-state index contributed by atoms with van der Waals surface area (Å²) in [7, 11) is 0. The van der Waals surface area contributed by atoms with Crippen molar-refractivity contribution < 1.29 is 19.8 Å². The molecule has 0 rings (SSSR count). The van der Waals surface area contributed by atoms with Crippen molar-refractivity contribution in [1.82, 2.24) is 10.6 Å². The topological polar surface area (TPSA) is 98.7 Å². The number of unbranched alkanes of at least 4 members (excludes halogenated alkanes) is 3. The molecule has 0 saturated heterocycles. The SMILES string of the molecule is CC(C)CCCCCCNC(=O)NC(C(=O)O)C(C)O. The molecular weight excluding hydrogens is 260 g/mol. The van der Waals surface area contributed by atoms with Crippen molar-refractivity contribution in [2.24, 2.45) is 5.92 Å². The van der Waals surface area contributed by atoms with E-state index in [1.807, 2.05) is 0 Å². The van der Waals surface area contributed by atoms with Gasteiger partial charge >= 0.3 is 12.0 Å². The average molecular weight is 288 g/mol. The van der Waals surface area contributed by atoms with Crippen molar-refractivity contribution >= 4 is 12.0 Å². The molecule has 0 radical (unpaired) electrons. The van der Waals surface area contributed by atoms with E-state index >= 15 is 0 Å². The van der Waals surface area contributed by atoms with E-state index in [1.54, 1.807) is 0 Å². The average Bonchev–Trinajstić information content (AvgIpc) is 2.33. The quantitative estimate of drug-likeness (QED) is 0.460. The minimum atomic E-state index is -1.28. The van der Waals surface area contributed by atoms with Crippen LogP contribution in [0.1, 0.15) is 52.9 Å². The van der Waals surface area contributed by atoms with Crippen LogP contribution < -0.4 is 10.6 Å². The van der Waals surface area contributed by atoms with Crippen molar-refractivity contribution in [1.29, 1.82) is 0 Å². The van der Waals surface area contributed by atoms with Crippen molar-refractivity contribution in [3.63, 3.8) is 0 Å². The molecule has 2 amide bonds. The molecule has 2 unspecified atom stereocenters. The number of aliphatic hydroxyl groups is 1. The van der Waals surface area contributed by atoms with Crippen LogP contribution in [0.15, 0.2) is 0 Å². The summed E-state index contributed by atoms with van der Waals surface area (Å²) in [6.07, 6.45) is 4.36. The van der Waals surface area contributed by atoms with E-state index in [0.717, 1.165) is 25.2 Å². The highest BCUT2D eigenvalue weighted by Gasteiger charge is 2.24. The van der Waals surface area contributed by atoms with E-state index in [4.69, 9.17) is 5.11 Å². The van der Waals surface area contributed by atoms with Gasteiger partial charge in [0.25, 0.3) is 0 Å². The molecule has 0 bridgehead atoms. The first kappa shape index (κ1) is 18.7. The third kappa shape index (κ3) is 9.61. The van der Waals surface area contributed by atoms with Gasteiger partial charge in [0.2, 0.25) is 0 Å². The van der Waals surface area contributed by atoms with Crippen LogP contribution in [-0.4, -0.2) is 40.9 Å². The molecule has 4 N–H and O–H groups in total. The van der Waals surface area contributed by atoms with Crippen molar-refractivity contribution in [3.05, 3.63) is 0 Å². The van der Waals surface area contributed by atoms with Gasteiger partial charge in [-0.25, -0.2) is 9.59 Å². The van der Waals surface area contributed by atoms with E-state index in [1.165, 1.54) is 19.8 Å². The molecule has 0 aliphatic rings. The Bertz CT molecular complexity index is 293. The number of urea groups is 1. The van der Waals surface area contributed by atoms with Crippen molar-refractivity contribution in [3.8, 4) is 0 Å². The molecule has 0 aromatic carbocycles. The fraction of sp³-hybridized carbons (Fsp3) is 0.857. The minimum absolute atomic E-state index is 0.514. The zero-order chi connectivity index (χ0) is 15.5. The molecule has 0 aliphatic carbocycles. The highest BCUT2D eigenvalue weighted by Crippen LogP contribution is 2.08. The molecule has 0 aromatic heterocycles. The molecule has 0 heterocycles. The van der Waals surface area contributed by atoms with Gasteiger partial charge in [0.1, 0.15) is 0 Å². The minimum Gasteiger partial charge on any atom is -0.480 e. The van der Waals surface area contributed by atoms with Gasteiger partial charge in [-0.05, 0) is 19.3 Å². The highest BCUT2D eigenvalue weighted by atomic mass is 16.4. The van der Waals surface area contributed by atoms with Crippen LogP contribution in [-0.2, 0) is 4.79 Å². The number of hydrogen-bond acceptors (Lipinski definition) is 3. The van der Waals surface area contributed by atoms with E-state index in [0.29, 0.717) is 6.54 Å². The molecule has 0 spiro atoms. The Morgan fingerprint density at radius 1 is 1.05 bits per heavy atom. The maximum absolute atomic E-state index is 11.4. The second kappa shape index (κ2) is 10.5. The highest BCUT2D eigenvalue weighted by molar-refractivity contribution is 5.82. The largest absolute Gasteiger partial charge is 0.480 e. The lowest BCUT2D eigenvalue weighted by Crippen LogP contribution is -2.51. The lowest BCUT2D eigenvalue weighted by atomic mass is 10.0. The van der Waals surface area contributed by atoms with Crippen LogP contribution in [0.4, 0.5) is 4.79 Å². The monoisotopic (exact) mass is 288 g/mol. The maximum Gasteiger partial charge on any atom is 0.328 e. The fourth-order valence-electron chi connectivity index (χ4n) is 1.81. The normalized spacial score (nSPS) is 13.8. The van der Waals surface area contributed by atoms with Crippen LogP contribution in [0.5, 0.6) is 0 Å². The number of carboxylic acids is 1. The summed E-state index contributed by atoms with van der Waals surface area (Å²) in [6.45, 7) is 6.24. The number of carboxylic acid groups (broad SMARTS) is 1. The Labute approximate surface area is 120 Å². The molecule has 2 atom stereocenters. The smallest absolute Gasteiger partial charge is 0.328 e. The van der Waals surface area contributed by atoms with Crippen molar-refractivity contribution in [2.45, 2.75) is 65.0 Å². The van der Waals surface area contributed by atoms with E-state index in [2.05, 4.69) is 24.5 Å². The van der Waals surface area contributed by atoms with E-state index in [9.17, 15) is 14.7 Å². The Hall–Kier alpha value is -1.30. The van der Waals surface area contributed by atoms with Gasteiger partial charge in [-0.1, -0.05) is 39.5 Å². The molecule has 118 valence electrons. The van der Waals surface area contributed by atoms with Gasteiger partial charge < -0.3 is 20.8 Å². The van der Waals surface area contributed by atoms with Crippen LogP contribution in [0.3, 0.4) is 0 Å². The summed E-state index contributed by atoms with van der Waals surface area (Å²) in [5.41, 5.74) is 0. The second-order valence-electron chi connectivity index (χ2n) is 5.55. The van der Waals surface area contributed by atoms with Gasteiger partial charge in [-0.2, -0.15) is 0 Å². The van der Waals surface area contributed by atoms with Crippen LogP contribution in [0.2, 0.25) is 0 Å². The zero-order valence-corrected chi connectivity index (χ0v) is 12.7. The lowest BCUT2D eigenvalue weighted by molar-refractivity contribution is -0.141. The number of carbonyl (C=O) groups excluding carboxylic acids is 1. The third-order valence-electron chi connectivity index (χ3n) is 3.03. The molecular formula is C14H28N2O4. The number of carbonyl (C=O) groups is 2. The maximum atomic E-state index is 11.4. The number of aliphatic carboxylic acids is 1. The number of rotatable bonds is 10. The summed E-state index contributed by atoms with van der Waals surface area (Å²) in [5, 5.41) is 22.9. The van der Waals surface area contributed by atoms with Crippen LogP contribution in [0, 0.1) is 5.92 Å². The molecule has 6 heteroatoms. The van der Waals surface area contributed by atoms with Gasteiger partial charge in [0, 0.05) is 6.54 Å². The Kier molecular flexibility index (Phi) is 9.80. The first-order valence-corrected chi connectivity index (χ1v) is 7.29. The number of aliphatic hydroxyl groups excluding tert-OH is 1. The summed E-state index contributed by atoms with van der Waals surface area (Å²) < 4.78 is 0. The molecule has 20 heavy (non-hydrogen) atoms. The van der Waals surface area contributed by atoms with Crippen LogP contribution >= 0.6 is 0 Å². The Balaban J connectivity index is 3.65.